The summed E-state index contributed by atoms with van der Waals surface area (Å²) < 4.78 is 1.07. The van der Waals surface area contributed by atoms with Gasteiger partial charge in [-0.3, -0.25) is 4.79 Å². The first kappa shape index (κ1) is 13.3. The van der Waals surface area contributed by atoms with Gasteiger partial charge in [0, 0.05) is 10.9 Å². The fourth-order valence-corrected chi connectivity index (χ4v) is 2.73. The van der Waals surface area contributed by atoms with Gasteiger partial charge in [-0.15, -0.1) is 0 Å². The molecule has 2 heteroatoms. The fourth-order valence-electron chi connectivity index (χ4n) is 2.32. The van der Waals surface area contributed by atoms with E-state index in [1.54, 1.807) is 6.08 Å². The van der Waals surface area contributed by atoms with Gasteiger partial charge < -0.3 is 0 Å². The van der Waals surface area contributed by atoms with E-state index in [0.717, 1.165) is 22.0 Å². The number of hydrogen-bond acceptors (Lipinski definition) is 1. The molecule has 0 spiro atoms. The van der Waals surface area contributed by atoms with Gasteiger partial charge in [-0.05, 0) is 41.2 Å². The van der Waals surface area contributed by atoms with Gasteiger partial charge in [0.15, 0.2) is 5.78 Å². The Labute approximate surface area is 117 Å². The van der Waals surface area contributed by atoms with Crippen LogP contribution < -0.4 is 0 Å². The summed E-state index contributed by atoms with van der Waals surface area (Å²) >= 11 is 3.45. The van der Waals surface area contributed by atoms with Crippen LogP contribution in [0.25, 0.3) is 6.08 Å². The number of halogens is 1. The first-order valence-corrected chi connectivity index (χ1v) is 6.91. The Balaban J connectivity index is 2.16. The highest BCUT2D eigenvalue weighted by molar-refractivity contribution is 9.10. The van der Waals surface area contributed by atoms with Crippen molar-refractivity contribution in [3.63, 3.8) is 0 Å². The lowest BCUT2D eigenvalue weighted by molar-refractivity contribution is -0.116. The van der Waals surface area contributed by atoms with Gasteiger partial charge in [-0.25, -0.2) is 0 Å². The summed E-state index contributed by atoms with van der Waals surface area (Å²) in [6.45, 7) is 4.29. The molecule has 1 aromatic carbocycles. The molecule has 1 nitrogen and oxygen atoms in total. The van der Waals surface area contributed by atoms with Crippen molar-refractivity contribution < 1.29 is 4.79 Å². The zero-order valence-corrected chi connectivity index (χ0v) is 12.3. The molecule has 2 rings (SSSR count). The predicted octanol–water partition coefficient (Wildman–Crippen LogP) is 4.78. The molecular weight excluding hydrogens is 288 g/mol. The number of hydrogen-bond donors (Lipinski definition) is 0. The molecule has 94 valence electrons. The molecule has 0 unspecified atom stereocenters. The quantitative estimate of drug-likeness (QED) is 0.768. The second kappa shape index (κ2) is 5.23. The second-order valence-corrected chi connectivity index (χ2v) is 6.51. The van der Waals surface area contributed by atoms with E-state index in [-0.39, 0.29) is 11.2 Å². The van der Waals surface area contributed by atoms with E-state index >= 15 is 0 Å². The van der Waals surface area contributed by atoms with E-state index in [9.17, 15) is 4.79 Å². The van der Waals surface area contributed by atoms with Crippen molar-refractivity contribution in [3.8, 4) is 0 Å². The Morgan fingerprint density at radius 2 is 2.00 bits per heavy atom. The number of benzene rings is 1. The second-order valence-electron chi connectivity index (χ2n) is 5.59. The van der Waals surface area contributed by atoms with Crippen LogP contribution in [0.1, 0.15) is 32.3 Å². The molecule has 0 aromatic heterocycles. The average Bonchev–Trinajstić information content (AvgIpc) is 2.24. The normalized spacial score (nSPS) is 19.1. The van der Waals surface area contributed by atoms with Crippen molar-refractivity contribution in [2.45, 2.75) is 26.7 Å². The van der Waals surface area contributed by atoms with E-state index < -0.39 is 0 Å². The van der Waals surface area contributed by atoms with Crippen LogP contribution in [0, 0.1) is 5.41 Å². The zero-order chi connectivity index (χ0) is 13.2. The topological polar surface area (TPSA) is 17.1 Å². The maximum atomic E-state index is 11.6. The molecule has 0 aliphatic heterocycles. The van der Waals surface area contributed by atoms with Crippen LogP contribution in [-0.4, -0.2) is 5.78 Å². The molecular formula is C16H17BrO. The number of allylic oxidation sites excluding steroid dienone is 3. The number of rotatable bonds is 2. The summed E-state index contributed by atoms with van der Waals surface area (Å²) in [5, 5.41) is 0. The van der Waals surface area contributed by atoms with Gasteiger partial charge in [-0.1, -0.05) is 54.1 Å². The van der Waals surface area contributed by atoms with Crippen LogP contribution in [-0.2, 0) is 4.79 Å². The summed E-state index contributed by atoms with van der Waals surface area (Å²) in [6.07, 6.45) is 7.51. The lowest BCUT2D eigenvalue weighted by Gasteiger charge is -2.27. The van der Waals surface area contributed by atoms with Crippen LogP contribution in [0.3, 0.4) is 0 Å². The first-order chi connectivity index (χ1) is 8.44. The molecule has 0 fully saturated rings. The zero-order valence-electron chi connectivity index (χ0n) is 10.7. The van der Waals surface area contributed by atoms with Crippen molar-refractivity contribution in [2.75, 3.05) is 0 Å². The number of carbonyl (C=O) groups is 1. The van der Waals surface area contributed by atoms with Crippen molar-refractivity contribution in [2.24, 2.45) is 5.41 Å². The van der Waals surface area contributed by atoms with Crippen LogP contribution in [0.15, 0.2) is 46.5 Å². The summed E-state index contributed by atoms with van der Waals surface area (Å²) in [6, 6.07) is 8.13. The van der Waals surface area contributed by atoms with E-state index in [4.69, 9.17) is 0 Å². The van der Waals surface area contributed by atoms with E-state index in [1.165, 1.54) is 0 Å². The molecule has 0 saturated heterocycles. The molecule has 18 heavy (non-hydrogen) atoms. The number of ketones is 1. The van der Waals surface area contributed by atoms with Gasteiger partial charge in [0.2, 0.25) is 0 Å². The minimum absolute atomic E-state index is 0.0861. The number of carbonyl (C=O) groups excluding carboxylic acids is 1. The Morgan fingerprint density at radius 1 is 1.22 bits per heavy atom. The van der Waals surface area contributed by atoms with E-state index in [2.05, 4.69) is 54.1 Å². The molecule has 0 atom stereocenters. The highest BCUT2D eigenvalue weighted by atomic mass is 79.9. The monoisotopic (exact) mass is 304 g/mol. The van der Waals surface area contributed by atoms with Crippen molar-refractivity contribution in [3.05, 3.63) is 52.0 Å². The Hall–Kier alpha value is -1.15. The van der Waals surface area contributed by atoms with Crippen LogP contribution in [0.2, 0.25) is 0 Å². The summed E-state index contributed by atoms with van der Waals surface area (Å²) in [4.78, 5) is 11.6. The lowest BCUT2D eigenvalue weighted by atomic mass is 9.77. The SMILES string of the molecule is CC1(C)CC(=O)C=C(/C=C/c2cccc(Br)c2)C1. The standard InChI is InChI=1S/C16H17BrO/c1-16(2)10-13(9-15(18)11-16)7-6-12-4-3-5-14(17)8-12/h3-9H,10-11H2,1-2H3/b7-6+. The predicted molar refractivity (Wildman–Crippen MR) is 79.3 cm³/mol. The molecule has 0 heterocycles. The maximum Gasteiger partial charge on any atom is 0.156 e. The fraction of sp³-hybridized carbons (Fsp3) is 0.312. The van der Waals surface area contributed by atoms with Crippen LogP contribution >= 0.6 is 15.9 Å². The molecule has 1 aliphatic carbocycles. The van der Waals surface area contributed by atoms with Crippen molar-refractivity contribution in [1.29, 1.82) is 0 Å². The highest BCUT2D eigenvalue weighted by Gasteiger charge is 2.26. The summed E-state index contributed by atoms with van der Waals surface area (Å²) in [7, 11) is 0. The van der Waals surface area contributed by atoms with Crippen LogP contribution in [0.4, 0.5) is 0 Å². The molecule has 0 saturated carbocycles. The molecule has 1 aromatic rings. The molecule has 0 bridgehead atoms. The van der Waals surface area contributed by atoms with Gasteiger partial charge >= 0.3 is 0 Å². The Kier molecular flexibility index (Phi) is 3.86. The van der Waals surface area contributed by atoms with Gasteiger partial charge in [-0.2, -0.15) is 0 Å². The van der Waals surface area contributed by atoms with Crippen molar-refractivity contribution in [1.82, 2.24) is 0 Å². The average molecular weight is 305 g/mol. The molecule has 0 N–H and O–H groups in total. The van der Waals surface area contributed by atoms with Crippen LogP contribution in [0.5, 0.6) is 0 Å². The van der Waals surface area contributed by atoms with E-state index in [0.29, 0.717) is 6.42 Å². The smallest absolute Gasteiger partial charge is 0.156 e. The minimum Gasteiger partial charge on any atom is -0.295 e. The third-order valence-corrected chi connectivity index (χ3v) is 3.51. The third kappa shape index (κ3) is 3.67. The van der Waals surface area contributed by atoms with Gasteiger partial charge in [0.25, 0.3) is 0 Å². The first-order valence-electron chi connectivity index (χ1n) is 6.12. The Morgan fingerprint density at radius 3 is 2.67 bits per heavy atom. The van der Waals surface area contributed by atoms with Gasteiger partial charge in [0.1, 0.15) is 0 Å². The maximum absolute atomic E-state index is 11.6. The Bertz CT molecular complexity index is 524. The minimum atomic E-state index is 0.0861. The summed E-state index contributed by atoms with van der Waals surface area (Å²) in [5.41, 5.74) is 2.35. The summed E-state index contributed by atoms with van der Waals surface area (Å²) in [5.74, 6) is 0.236. The molecule has 1 aliphatic rings. The van der Waals surface area contributed by atoms with E-state index in [1.807, 2.05) is 12.1 Å². The highest BCUT2D eigenvalue weighted by Crippen LogP contribution is 2.34. The molecule has 0 radical (unpaired) electrons. The van der Waals surface area contributed by atoms with Gasteiger partial charge in [0.05, 0.1) is 0 Å². The largest absolute Gasteiger partial charge is 0.295 e. The van der Waals surface area contributed by atoms with Crippen molar-refractivity contribution >= 4 is 27.8 Å². The lowest BCUT2D eigenvalue weighted by Crippen LogP contribution is -2.21. The molecule has 0 amide bonds. The third-order valence-electron chi connectivity index (χ3n) is 3.02.